The van der Waals surface area contributed by atoms with Crippen LogP contribution >= 0.6 is 0 Å². The SMILES string of the molecule is CCOC(=O)[C@@](CN)(OC)c1ccccc1. The van der Waals surface area contributed by atoms with Crippen molar-refractivity contribution in [2.45, 2.75) is 12.5 Å². The van der Waals surface area contributed by atoms with Gasteiger partial charge in [-0.15, -0.1) is 0 Å². The first kappa shape index (κ1) is 12.7. The van der Waals surface area contributed by atoms with Crippen molar-refractivity contribution in [3.63, 3.8) is 0 Å². The van der Waals surface area contributed by atoms with Crippen LogP contribution in [-0.2, 0) is 19.9 Å². The lowest BCUT2D eigenvalue weighted by atomic mass is 9.94. The van der Waals surface area contributed by atoms with Gasteiger partial charge in [0, 0.05) is 13.7 Å². The molecular formula is C12H17NO3. The summed E-state index contributed by atoms with van der Waals surface area (Å²) in [5, 5.41) is 0. The van der Waals surface area contributed by atoms with Crippen molar-refractivity contribution in [1.82, 2.24) is 0 Å². The summed E-state index contributed by atoms with van der Waals surface area (Å²) in [6.45, 7) is 2.10. The van der Waals surface area contributed by atoms with Gasteiger partial charge in [-0.25, -0.2) is 4.79 Å². The number of carbonyl (C=O) groups is 1. The third-order valence-corrected chi connectivity index (χ3v) is 2.48. The van der Waals surface area contributed by atoms with E-state index in [0.717, 1.165) is 0 Å². The van der Waals surface area contributed by atoms with Crippen LogP contribution in [0, 0.1) is 0 Å². The van der Waals surface area contributed by atoms with E-state index in [1.54, 1.807) is 19.1 Å². The molecule has 0 spiro atoms. The van der Waals surface area contributed by atoms with Gasteiger partial charge in [0.2, 0.25) is 5.60 Å². The number of rotatable bonds is 5. The molecule has 0 amide bonds. The molecule has 0 unspecified atom stereocenters. The van der Waals surface area contributed by atoms with Crippen LogP contribution in [0.2, 0.25) is 0 Å². The molecular weight excluding hydrogens is 206 g/mol. The van der Waals surface area contributed by atoms with Crippen LogP contribution in [-0.4, -0.2) is 26.2 Å². The van der Waals surface area contributed by atoms with Crippen molar-refractivity contribution < 1.29 is 14.3 Å². The fourth-order valence-corrected chi connectivity index (χ4v) is 1.56. The smallest absolute Gasteiger partial charge is 0.344 e. The fraction of sp³-hybridized carbons (Fsp3) is 0.417. The van der Waals surface area contributed by atoms with Crippen molar-refractivity contribution in [2.75, 3.05) is 20.3 Å². The van der Waals surface area contributed by atoms with Crippen molar-refractivity contribution in [3.05, 3.63) is 35.9 Å². The Morgan fingerprint density at radius 3 is 2.44 bits per heavy atom. The fourth-order valence-electron chi connectivity index (χ4n) is 1.56. The number of methoxy groups -OCH3 is 1. The van der Waals surface area contributed by atoms with Gasteiger partial charge >= 0.3 is 5.97 Å². The van der Waals surface area contributed by atoms with Crippen molar-refractivity contribution in [2.24, 2.45) is 5.73 Å². The van der Waals surface area contributed by atoms with Crippen LogP contribution < -0.4 is 5.73 Å². The van der Waals surface area contributed by atoms with Gasteiger partial charge in [0.05, 0.1) is 6.61 Å². The molecule has 0 aromatic heterocycles. The molecule has 0 bridgehead atoms. The molecule has 88 valence electrons. The van der Waals surface area contributed by atoms with Gasteiger partial charge in [-0.05, 0) is 12.5 Å². The molecule has 0 aliphatic rings. The van der Waals surface area contributed by atoms with Crippen LogP contribution in [0.5, 0.6) is 0 Å². The minimum atomic E-state index is -1.20. The Bertz CT molecular complexity index is 333. The van der Waals surface area contributed by atoms with E-state index in [1.165, 1.54) is 7.11 Å². The zero-order valence-electron chi connectivity index (χ0n) is 9.60. The normalized spacial score (nSPS) is 14.2. The second-order valence-corrected chi connectivity index (χ2v) is 3.32. The van der Waals surface area contributed by atoms with Crippen LogP contribution in [0.3, 0.4) is 0 Å². The molecule has 0 aliphatic carbocycles. The second kappa shape index (κ2) is 5.63. The molecule has 0 aliphatic heterocycles. The number of benzene rings is 1. The van der Waals surface area contributed by atoms with E-state index in [9.17, 15) is 4.79 Å². The first-order valence-corrected chi connectivity index (χ1v) is 5.19. The molecule has 1 aromatic rings. The lowest BCUT2D eigenvalue weighted by Gasteiger charge is -2.28. The number of hydrogen-bond donors (Lipinski definition) is 1. The monoisotopic (exact) mass is 223 g/mol. The molecule has 1 aromatic carbocycles. The Hall–Kier alpha value is -1.39. The third kappa shape index (κ3) is 2.23. The average molecular weight is 223 g/mol. The maximum Gasteiger partial charge on any atom is 0.344 e. The van der Waals surface area contributed by atoms with Gasteiger partial charge < -0.3 is 15.2 Å². The van der Waals surface area contributed by atoms with E-state index in [0.29, 0.717) is 12.2 Å². The summed E-state index contributed by atoms with van der Waals surface area (Å²) in [4.78, 5) is 11.9. The molecule has 2 N–H and O–H groups in total. The maximum atomic E-state index is 11.9. The van der Waals surface area contributed by atoms with Gasteiger partial charge in [0.1, 0.15) is 0 Å². The summed E-state index contributed by atoms with van der Waals surface area (Å²) in [5.74, 6) is -0.453. The van der Waals surface area contributed by atoms with E-state index in [1.807, 2.05) is 18.2 Å². The summed E-state index contributed by atoms with van der Waals surface area (Å²) in [6.07, 6.45) is 0. The lowest BCUT2D eigenvalue weighted by molar-refractivity contribution is -0.169. The molecule has 4 heteroatoms. The topological polar surface area (TPSA) is 61.5 Å². The van der Waals surface area contributed by atoms with Crippen LogP contribution in [0.1, 0.15) is 12.5 Å². The van der Waals surface area contributed by atoms with Crippen LogP contribution in [0.25, 0.3) is 0 Å². The highest BCUT2D eigenvalue weighted by molar-refractivity contribution is 5.81. The number of esters is 1. The molecule has 0 saturated heterocycles. The van der Waals surface area contributed by atoms with Gasteiger partial charge in [0.15, 0.2) is 0 Å². The third-order valence-electron chi connectivity index (χ3n) is 2.48. The van der Waals surface area contributed by atoms with Crippen molar-refractivity contribution in [3.8, 4) is 0 Å². The number of nitrogens with two attached hydrogens (primary N) is 1. The summed E-state index contributed by atoms with van der Waals surface area (Å²) in [6, 6.07) is 9.13. The van der Waals surface area contributed by atoms with Gasteiger partial charge in [-0.2, -0.15) is 0 Å². The summed E-state index contributed by atoms with van der Waals surface area (Å²) >= 11 is 0. The molecule has 0 saturated carbocycles. The highest BCUT2D eigenvalue weighted by Crippen LogP contribution is 2.25. The summed E-state index contributed by atoms with van der Waals surface area (Å²) < 4.78 is 10.3. The highest BCUT2D eigenvalue weighted by atomic mass is 16.6. The summed E-state index contributed by atoms with van der Waals surface area (Å²) in [5.41, 5.74) is 5.17. The van der Waals surface area contributed by atoms with E-state index < -0.39 is 11.6 Å². The molecule has 0 radical (unpaired) electrons. The minimum Gasteiger partial charge on any atom is -0.464 e. The predicted molar refractivity (Wildman–Crippen MR) is 60.8 cm³/mol. The Morgan fingerprint density at radius 1 is 1.38 bits per heavy atom. The molecule has 0 heterocycles. The highest BCUT2D eigenvalue weighted by Gasteiger charge is 2.40. The molecule has 16 heavy (non-hydrogen) atoms. The minimum absolute atomic E-state index is 0.0480. The quantitative estimate of drug-likeness (QED) is 0.758. The lowest BCUT2D eigenvalue weighted by Crippen LogP contribution is -2.45. The van der Waals surface area contributed by atoms with E-state index in [2.05, 4.69) is 0 Å². The summed E-state index contributed by atoms with van der Waals surface area (Å²) in [7, 11) is 1.46. The van der Waals surface area contributed by atoms with Gasteiger partial charge in [-0.3, -0.25) is 0 Å². The van der Waals surface area contributed by atoms with Crippen LogP contribution in [0.15, 0.2) is 30.3 Å². The zero-order valence-corrected chi connectivity index (χ0v) is 9.60. The Morgan fingerprint density at radius 2 is 2.00 bits per heavy atom. The Kier molecular flexibility index (Phi) is 4.46. The van der Waals surface area contributed by atoms with Crippen molar-refractivity contribution >= 4 is 5.97 Å². The predicted octanol–water partition coefficient (Wildman–Crippen LogP) is 1.05. The molecule has 0 fully saturated rings. The first-order valence-electron chi connectivity index (χ1n) is 5.19. The maximum absolute atomic E-state index is 11.9. The Balaban J connectivity index is 3.10. The average Bonchev–Trinajstić information content (AvgIpc) is 2.33. The van der Waals surface area contributed by atoms with Gasteiger partial charge in [-0.1, -0.05) is 30.3 Å². The molecule has 1 rings (SSSR count). The Labute approximate surface area is 95.3 Å². The molecule has 1 atom stereocenters. The van der Waals surface area contributed by atoms with E-state index >= 15 is 0 Å². The largest absolute Gasteiger partial charge is 0.464 e. The number of hydrogen-bond acceptors (Lipinski definition) is 4. The first-order chi connectivity index (χ1) is 7.71. The van der Waals surface area contributed by atoms with E-state index in [-0.39, 0.29) is 6.54 Å². The van der Waals surface area contributed by atoms with E-state index in [4.69, 9.17) is 15.2 Å². The second-order valence-electron chi connectivity index (χ2n) is 3.32. The zero-order chi connectivity index (χ0) is 12.0. The number of carbonyl (C=O) groups excluding carboxylic acids is 1. The van der Waals surface area contributed by atoms with Crippen molar-refractivity contribution in [1.29, 1.82) is 0 Å². The standard InChI is InChI=1S/C12H17NO3/c1-3-16-11(14)12(9-13,15-2)10-7-5-4-6-8-10/h4-8H,3,9,13H2,1-2H3/t12-/m0/s1. The van der Waals surface area contributed by atoms with Crippen LogP contribution in [0.4, 0.5) is 0 Å². The van der Waals surface area contributed by atoms with Gasteiger partial charge in [0.25, 0.3) is 0 Å². The molecule has 4 nitrogen and oxygen atoms in total. The number of ether oxygens (including phenoxy) is 2.